The van der Waals surface area contributed by atoms with Gasteiger partial charge in [0.2, 0.25) is 15.9 Å². The molecule has 1 aliphatic heterocycles. The van der Waals surface area contributed by atoms with Crippen LogP contribution in [0, 0.1) is 0 Å². The second-order valence-corrected chi connectivity index (χ2v) is 6.77. The molecule has 1 heterocycles. The summed E-state index contributed by atoms with van der Waals surface area (Å²) in [5, 5.41) is 0. The smallest absolute Gasteiger partial charge is 0.243 e. The van der Waals surface area contributed by atoms with E-state index in [9.17, 15) is 13.2 Å². The minimum atomic E-state index is -3.44. The van der Waals surface area contributed by atoms with E-state index in [1.807, 2.05) is 4.90 Å². The van der Waals surface area contributed by atoms with E-state index in [1.54, 1.807) is 37.3 Å². The van der Waals surface area contributed by atoms with Crippen LogP contribution in [-0.4, -0.2) is 55.8 Å². The summed E-state index contributed by atoms with van der Waals surface area (Å²) in [5.41, 5.74) is 5.27. The molecule has 0 bridgehead atoms. The van der Waals surface area contributed by atoms with Crippen LogP contribution in [0.2, 0.25) is 0 Å². The zero-order valence-electron chi connectivity index (χ0n) is 11.4. The van der Waals surface area contributed by atoms with Crippen LogP contribution in [0.3, 0.4) is 0 Å². The molecule has 0 saturated carbocycles. The third-order valence-electron chi connectivity index (χ3n) is 3.61. The average Bonchev–Trinajstić information content (AvgIpc) is 2.47. The summed E-state index contributed by atoms with van der Waals surface area (Å²) in [4.78, 5) is 13.4. The first kappa shape index (κ1) is 15.0. The average molecular weight is 297 g/mol. The molecule has 1 aliphatic rings. The predicted octanol–water partition coefficient (Wildman–Crippen LogP) is -0.133. The van der Waals surface area contributed by atoms with E-state index in [0.29, 0.717) is 31.1 Å². The molecule has 1 atom stereocenters. The molecule has 2 rings (SSSR count). The quantitative estimate of drug-likeness (QED) is 0.839. The number of piperazine rings is 1. The summed E-state index contributed by atoms with van der Waals surface area (Å²) in [6, 6.07) is 8.01. The highest BCUT2D eigenvalue weighted by atomic mass is 32.2. The van der Waals surface area contributed by atoms with Crippen LogP contribution in [0.25, 0.3) is 0 Å². The number of primary amides is 1. The number of sulfonamides is 1. The van der Waals surface area contributed by atoms with Crippen LogP contribution in [0.1, 0.15) is 6.92 Å². The monoisotopic (exact) mass is 297 g/mol. The Morgan fingerprint density at radius 1 is 1.15 bits per heavy atom. The fraction of sp³-hybridized carbons (Fsp3) is 0.462. The Hall–Kier alpha value is -1.44. The van der Waals surface area contributed by atoms with Crippen LogP contribution in [0.5, 0.6) is 0 Å². The first-order valence-corrected chi connectivity index (χ1v) is 7.95. The normalized spacial score (nSPS) is 19.6. The maximum Gasteiger partial charge on any atom is 0.243 e. The van der Waals surface area contributed by atoms with Crippen LogP contribution in [0.15, 0.2) is 35.2 Å². The Morgan fingerprint density at radius 2 is 1.70 bits per heavy atom. The van der Waals surface area contributed by atoms with Crippen molar-refractivity contribution in [3.63, 3.8) is 0 Å². The van der Waals surface area contributed by atoms with Gasteiger partial charge in [-0.2, -0.15) is 4.31 Å². The number of hydrogen-bond donors (Lipinski definition) is 1. The summed E-state index contributed by atoms with van der Waals surface area (Å²) in [5.74, 6) is -0.385. The highest BCUT2D eigenvalue weighted by Crippen LogP contribution is 2.17. The summed E-state index contributed by atoms with van der Waals surface area (Å²) in [6.07, 6.45) is 0. The molecule has 110 valence electrons. The summed E-state index contributed by atoms with van der Waals surface area (Å²) in [7, 11) is -3.44. The topological polar surface area (TPSA) is 83.7 Å². The lowest BCUT2D eigenvalue weighted by Crippen LogP contribution is -2.54. The number of nitrogens with zero attached hydrogens (tertiary/aromatic N) is 2. The van der Waals surface area contributed by atoms with Gasteiger partial charge in [-0.05, 0) is 19.1 Å². The molecule has 1 fully saturated rings. The van der Waals surface area contributed by atoms with E-state index in [0.717, 1.165) is 0 Å². The van der Waals surface area contributed by atoms with Gasteiger partial charge >= 0.3 is 0 Å². The Labute approximate surface area is 119 Å². The summed E-state index contributed by atoms with van der Waals surface area (Å²) in [6.45, 7) is 3.50. The van der Waals surface area contributed by atoms with Gasteiger partial charge in [0, 0.05) is 26.2 Å². The molecule has 0 spiro atoms. The number of carbonyl (C=O) groups excluding carboxylic acids is 1. The van der Waals surface area contributed by atoms with Crippen molar-refractivity contribution in [2.75, 3.05) is 26.2 Å². The zero-order valence-corrected chi connectivity index (χ0v) is 12.2. The molecule has 1 aromatic carbocycles. The number of carbonyl (C=O) groups is 1. The third-order valence-corrected chi connectivity index (χ3v) is 5.53. The van der Waals surface area contributed by atoms with Crippen molar-refractivity contribution in [3.8, 4) is 0 Å². The van der Waals surface area contributed by atoms with Crippen molar-refractivity contribution in [2.45, 2.75) is 17.9 Å². The highest BCUT2D eigenvalue weighted by Gasteiger charge is 2.30. The molecule has 0 aliphatic carbocycles. The van der Waals surface area contributed by atoms with Crippen LogP contribution >= 0.6 is 0 Å². The summed E-state index contributed by atoms with van der Waals surface area (Å²) >= 11 is 0. The van der Waals surface area contributed by atoms with Gasteiger partial charge in [-0.1, -0.05) is 18.2 Å². The first-order valence-electron chi connectivity index (χ1n) is 6.51. The Morgan fingerprint density at radius 3 is 2.20 bits per heavy atom. The molecule has 0 aromatic heterocycles. The highest BCUT2D eigenvalue weighted by molar-refractivity contribution is 7.89. The van der Waals surface area contributed by atoms with E-state index >= 15 is 0 Å². The van der Waals surface area contributed by atoms with Crippen molar-refractivity contribution in [1.82, 2.24) is 9.21 Å². The van der Waals surface area contributed by atoms with E-state index in [-0.39, 0.29) is 11.9 Å². The van der Waals surface area contributed by atoms with Gasteiger partial charge < -0.3 is 5.73 Å². The van der Waals surface area contributed by atoms with Crippen molar-refractivity contribution in [1.29, 1.82) is 0 Å². The van der Waals surface area contributed by atoms with E-state index in [2.05, 4.69) is 0 Å². The zero-order chi connectivity index (χ0) is 14.8. The third kappa shape index (κ3) is 3.00. The number of amides is 1. The van der Waals surface area contributed by atoms with Crippen molar-refractivity contribution >= 4 is 15.9 Å². The molecule has 0 unspecified atom stereocenters. The molecule has 1 amide bonds. The van der Waals surface area contributed by atoms with Gasteiger partial charge in [0.1, 0.15) is 0 Å². The molecule has 6 nitrogen and oxygen atoms in total. The number of rotatable bonds is 4. The Balaban J connectivity index is 2.06. The molecule has 0 radical (unpaired) electrons. The fourth-order valence-electron chi connectivity index (χ4n) is 2.25. The number of nitrogens with two attached hydrogens (primary N) is 1. The van der Waals surface area contributed by atoms with Crippen LogP contribution < -0.4 is 5.73 Å². The molecule has 20 heavy (non-hydrogen) atoms. The molecular weight excluding hydrogens is 278 g/mol. The second kappa shape index (κ2) is 5.90. The van der Waals surface area contributed by atoms with Gasteiger partial charge in [-0.3, -0.25) is 9.69 Å². The summed E-state index contributed by atoms with van der Waals surface area (Å²) < 4.78 is 26.3. The number of hydrogen-bond acceptors (Lipinski definition) is 4. The van der Waals surface area contributed by atoms with Gasteiger partial charge in [0.05, 0.1) is 10.9 Å². The maximum absolute atomic E-state index is 12.4. The SMILES string of the molecule is C[C@H](C(N)=O)N1CCN(S(=O)(=O)c2ccccc2)CC1. The van der Waals surface area contributed by atoms with Crippen LogP contribution in [-0.2, 0) is 14.8 Å². The minimum absolute atomic E-state index is 0.302. The first-order chi connectivity index (χ1) is 9.43. The lowest BCUT2D eigenvalue weighted by Gasteiger charge is -2.36. The Kier molecular flexibility index (Phi) is 4.42. The lowest BCUT2D eigenvalue weighted by atomic mass is 10.2. The van der Waals surface area contributed by atoms with Crippen LogP contribution in [0.4, 0.5) is 0 Å². The van der Waals surface area contributed by atoms with Crippen molar-refractivity contribution in [3.05, 3.63) is 30.3 Å². The van der Waals surface area contributed by atoms with E-state index in [4.69, 9.17) is 5.73 Å². The maximum atomic E-state index is 12.4. The second-order valence-electron chi connectivity index (χ2n) is 4.83. The predicted molar refractivity (Wildman–Crippen MR) is 75.4 cm³/mol. The largest absolute Gasteiger partial charge is 0.368 e. The molecule has 1 aromatic rings. The van der Waals surface area contributed by atoms with Gasteiger partial charge in [0.15, 0.2) is 0 Å². The van der Waals surface area contributed by atoms with E-state index in [1.165, 1.54) is 4.31 Å². The minimum Gasteiger partial charge on any atom is -0.368 e. The molecule has 7 heteroatoms. The van der Waals surface area contributed by atoms with Gasteiger partial charge in [0.25, 0.3) is 0 Å². The van der Waals surface area contributed by atoms with Crippen molar-refractivity contribution in [2.24, 2.45) is 5.73 Å². The van der Waals surface area contributed by atoms with E-state index < -0.39 is 10.0 Å². The fourth-order valence-corrected chi connectivity index (χ4v) is 3.70. The standard InChI is InChI=1S/C13H19N3O3S/c1-11(13(14)17)15-7-9-16(10-8-15)20(18,19)12-5-3-2-4-6-12/h2-6,11H,7-10H2,1H3,(H2,14,17)/t11-/m1/s1. The number of benzene rings is 1. The molecular formula is C13H19N3O3S. The molecule has 1 saturated heterocycles. The van der Waals surface area contributed by atoms with Gasteiger partial charge in [-0.25, -0.2) is 8.42 Å². The lowest BCUT2D eigenvalue weighted by molar-refractivity contribution is -0.123. The van der Waals surface area contributed by atoms with Crippen molar-refractivity contribution < 1.29 is 13.2 Å². The van der Waals surface area contributed by atoms with Gasteiger partial charge in [-0.15, -0.1) is 0 Å². The Bertz CT molecular complexity index is 566. The molecule has 2 N–H and O–H groups in total.